The number of amides is 1. The van der Waals surface area contributed by atoms with Crippen LogP contribution in [0.4, 0.5) is 0 Å². The van der Waals surface area contributed by atoms with Crippen LogP contribution in [-0.2, 0) is 13.6 Å². The molecule has 0 saturated heterocycles. The summed E-state index contributed by atoms with van der Waals surface area (Å²) >= 11 is 0. The standard InChI is InChI=1S/C19H20N4O2/c1-3-25-18-7-5-4-6-17(18)19(24)21-10-14-8-15(11-20-9-14)16-12-22-23(2)13-16/h4-9,11-13H,3,10H2,1-2H3,(H,21,24). The quantitative estimate of drug-likeness (QED) is 0.751. The molecule has 2 aromatic heterocycles. The first kappa shape index (κ1) is 16.7. The normalized spacial score (nSPS) is 10.5. The molecule has 0 saturated carbocycles. The van der Waals surface area contributed by atoms with Gasteiger partial charge in [-0.2, -0.15) is 5.10 Å². The van der Waals surface area contributed by atoms with Crippen LogP contribution in [0.5, 0.6) is 5.75 Å². The molecule has 1 aromatic carbocycles. The first-order valence-corrected chi connectivity index (χ1v) is 8.10. The molecule has 2 heterocycles. The summed E-state index contributed by atoms with van der Waals surface area (Å²) < 4.78 is 7.25. The number of hydrogen-bond donors (Lipinski definition) is 1. The van der Waals surface area contributed by atoms with Gasteiger partial charge < -0.3 is 10.1 Å². The third-order valence-electron chi connectivity index (χ3n) is 3.72. The van der Waals surface area contributed by atoms with Gasteiger partial charge in [0.1, 0.15) is 5.75 Å². The van der Waals surface area contributed by atoms with Crippen LogP contribution in [-0.4, -0.2) is 27.3 Å². The molecule has 1 amide bonds. The summed E-state index contributed by atoms with van der Waals surface area (Å²) in [6.07, 6.45) is 7.25. The molecular weight excluding hydrogens is 316 g/mol. The van der Waals surface area contributed by atoms with Crippen molar-refractivity contribution < 1.29 is 9.53 Å². The van der Waals surface area contributed by atoms with Crippen LogP contribution in [0.15, 0.2) is 55.1 Å². The number of rotatable bonds is 6. The summed E-state index contributed by atoms with van der Waals surface area (Å²) in [6, 6.07) is 9.22. The topological polar surface area (TPSA) is 69.0 Å². The Labute approximate surface area is 146 Å². The van der Waals surface area contributed by atoms with Crippen molar-refractivity contribution in [1.29, 1.82) is 0 Å². The highest BCUT2D eigenvalue weighted by molar-refractivity contribution is 5.96. The second-order valence-corrected chi connectivity index (χ2v) is 5.60. The third kappa shape index (κ3) is 4.03. The lowest BCUT2D eigenvalue weighted by Crippen LogP contribution is -2.23. The lowest BCUT2D eigenvalue weighted by Gasteiger charge is -2.10. The fourth-order valence-electron chi connectivity index (χ4n) is 2.53. The van der Waals surface area contributed by atoms with Crippen molar-refractivity contribution in [3.05, 3.63) is 66.2 Å². The van der Waals surface area contributed by atoms with Gasteiger partial charge in [-0.1, -0.05) is 12.1 Å². The minimum atomic E-state index is -0.171. The van der Waals surface area contributed by atoms with Crippen LogP contribution >= 0.6 is 0 Å². The van der Waals surface area contributed by atoms with E-state index in [9.17, 15) is 4.79 Å². The summed E-state index contributed by atoms with van der Waals surface area (Å²) in [5.41, 5.74) is 3.41. The SMILES string of the molecule is CCOc1ccccc1C(=O)NCc1cncc(-c2cnn(C)c2)c1. The Morgan fingerprint density at radius 2 is 2.04 bits per heavy atom. The van der Waals surface area contributed by atoms with E-state index in [1.807, 2.05) is 38.4 Å². The van der Waals surface area contributed by atoms with Gasteiger partial charge in [-0.15, -0.1) is 0 Å². The van der Waals surface area contributed by atoms with Crippen molar-refractivity contribution in [3.63, 3.8) is 0 Å². The molecule has 3 aromatic rings. The van der Waals surface area contributed by atoms with Gasteiger partial charge in [0.05, 0.1) is 18.4 Å². The van der Waals surface area contributed by atoms with E-state index >= 15 is 0 Å². The lowest BCUT2D eigenvalue weighted by molar-refractivity contribution is 0.0947. The largest absolute Gasteiger partial charge is 0.493 e. The maximum atomic E-state index is 12.4. The molecule has 0 radical (unpaired) electrons. The maximum Gasteiger partial charge on any atom is 0.255 e. The number of pyridine rings is 1. The summed E-state index contributed by atoms with van der Waals surface area (Å²) in [5.74, 6) is 0.417. The Hall–Kier alpha value is -3.15. The molecule has 128 valence electrons. The van der Waals surface area contributed by atoms with Gasteiger partial charge in [-0.05, 0) is 30.7 Å². The van der Waals surface area contributed by atoms with Crippen LogP contribution < -0.4 is 10.1 Å². The number of aryl methyl sites for hydroxylation is 1. The Balaban J connectivity index is 1.71. The Morgan fingerprint density at radius 1 is 1.20 bits per heavy atom. The van der Waals surface area contributed by atoms with E-state index in [1.165, 1.54) is 0 Å². The summed E-state index contributed by atoms with van der Waals surface area (Å²) in [7, 11) is 1.87. The number of para-hydroxylation sites is 1. The van der Waals surface area contributed by atoms with Crippen LogP contribution in [0, 0.1) is 0 Å². The highest BCUT2D eigenvalue weighted by Crippen LogP contribution is 2.19. The highest BCUT2D eigenvalue weighted by atomic mass is 16.5. The molecule has 0 fully saturated rings. The molecule has 25 heavy (non-hydrogen) atoms. The third-order valence-corrected chi connectivity index (χ3v) is 3.72. The minimum absolute atomic E-state index is 0.171. The number of hydrogen-bond acceptors (Lipinski definition) is 4. The number of benzene rings is 1. The second-order valence-electron chi connectivity index (χ2n) is 5.60. The smallest absolute Gasteiger partial charge is 0.255 e. The van der Waals surface area contributed by atoms with Crippen molar-refractivity contribution >= 4 is 5.91 Å². The molecule has 0 aliphatic rings. The van der Waals surface area contributed by atoms with Gasteiger partial charge in [0, 0.05) is 43.3 Å². The fourth-order valence-corrected chi connectivity index (χ4v) is 2.53. The zero-order valence-corrected chi connectivity index (χ0v) is 14.3. The monoisotopic (exact) mass is 336 g/mol. The zero-order valence-electron chi connectivity index (χ0n) is 14.3. The van der Waals surface area contributed by atoms with Gasteiger partial charge in [0.15, 0.2) is 0 Å². The molecule has 0 aliphatic heterocycles. The average Bonchev–Trinajstić information content (AvgIpc) is 3.07. The zero-order chi connectivity index (χ0) is 17.6. The number of ether oxygens (including phenoxy) is 1. The highest BCUT2D eigenvalue weighted by Gasteiger charge is 2.11. The molecular formula is C19H20N4O2. The predicted octanol–water partition coefficient (Wildman–Crippen LogP) is 2.81. The van der Waals surface area contributed by atoms with Gasteiger partial charge in [-0.25, -0.2) is 0 Å². The van der Waals surface area contributed by atoms with Gasteiger partial charge >= 0.3 is 0 Å². The van der Waals surface area contributed by atoms with E-state index in [0.29, 0.717) is 24.5 Å². The summed E-state index contributed by atoms with van der Waals surface area (Å²) in [4.78, 5) is 16.7. The molecule has 0 spiro atoms. The van der Waals surface area contributed by atoms with Crippen molar-refractivity contribution in [1.82, 2.24) is 20.1 Å². The van der Waals surface area contributed by atoms with Crippen LogP contribution in [0.1, 0.15) is 22.8 Å². The maximum absolute atomic E-state index is 12.4. The number of nitrogens with one attached hydrogen (secondary N) is 1. The number of aromatic nitrogens is 3. The van der Waals surface area contributed by atoms with Gasteiger partial charge in [-0.3, -0.25) is 14.5 Å². The first-order valence-electron chi connectivity index (χ1n) is 8.10. The Kier molecular flexibility index (Phi) is 5.09. The van der Waals surface area contributed by atoms with Crippen LogP contribution in [0.3, 0.4) is 0 Å². The van der Waals surface area contributed by atoms with Gasteiger partial charge in [0.2, 0.25) is 0 Å². The summed E-state index contributed by atoms with van der Waals surface area (Å²) in [5, 5.41) is 7.09. The van der Waals surface area contributed by atoms with Crippen LogP contribution in [0.25, 0.3) is 11.1 Å². The number of carbonyl (C=O) groups excluding carboxylic acids is 1. The lowest BCUT2D eigenvalue weighted by atomic mass is 10.1. The van der Waals surface area contributed by atoms with E-state index in [2.05, 4.69) is 15.4 Å². The Bertz CT molecular complexity index is 873. The van der Waals surface area contributed by atoms with E-state index in [0.717, 1.165) is 16.7 Å². The van der Waals surface area contributed by atoms with Crippen LogP contribution in [0.2, 0.25) is 0 Å². The van der Waals surface area contributed by atoms with Crippen molar-refractivity contribution in [2.75, 3.05) is 6.61 Å². The minimum Gasteiger partial charge on any atom is -0.493 e. The van der Waals surface area contributed by atoms with Crippen molar-refractivity contribution in [2.45, 2.75) is 13.5 Å². The predicted molar refractivity (Wildman–Crippen MR) is 95.2 cm³/mol. The molecule has 0 atom stereocenters. The first-order chi connectivity index (χ1) is 12.2. The van der Waals surface area contributed by atoms with Crippen molar-refractivity contribution in [2.24, 2.45) is 7.05 Å². The molecule has 6 heteroatoms. The van der Waals surface area contributed by atoms with E-state index in [-0.39, 0.29) is 5.91 Å². The van der Waals surface area contributed by atoms with E-state index < -0.39 is 0 Å². The number of nitrogens with zero attached hydrogens (tertiary/aromatic N) is 3. The average molecular weight is 336 g/mol. The Morgan fingerprint density at radius 3 is 2.80 bits per heavy atom. The molecule has 0 aliphatic carbocycles. The summed E-state index contributed by atoms with van der Waals surface area (Å²) in [6.45, 7) is 2.80. The molecule has 0 unspecified atom stereocenters. The fraction of sp³-hybridized carbons (Fsp3) is 0.211. The molecule has 1 N–H and O–H groups in total. The van der Waals surface area contributed by atoms with Gasteiger partial charge in [0.25, 0.3) is 5.91 Å². The second kappa shape index (κ2) is 7.61. The van der Waals surface area contributed by atoms with E-state index in [4.69, 9.17) is 4.74 Å². The number of carbonyl (C=O) groups is 1. The van der Waals surface area contributed by atoms with Crippen molar-refractivity contribution in [3.8, 4) is 16.9 Å². The van der Waals surface area contributed by atoms with E-state index in [1.54, 1.807) is 35.4 Å². The molecule has 6 nitrogen and oxygen atoms in total. The molecule has 0 bridgehead atoms. The molecule has 3 rings (SSSR count).